The number of rotatable bonds is 9. The maximum Gasteiger partial charge on any atom is 0.256 e. The summed E-state index contributed by atoms with van der Waals surface area (Å²) < 4.78 is 13.5. The Morgan fingerprint density at radius 1 is 0.476 bits per heavy atom. The standard InChI is InChI=1S/2C18H18N2O.C17H15FN2O/c1-15-8-7-9-16(14-15)18(21)20(2)13-6-4-11-17-10-3-5-12-19-17;1-15-9-11-16(12-10-15)18(21)20(2)14-6-4-8-17-7-3-5-13-19-17;1-20(17(21)15-10-2-3-11-16(15)18)13-7-5-9-14-8-4-6-12-19-14/h3,5,7-10,12,14H,6,13H2,1-2H3;3,5,7,9-13H,6,14H2,1-2H3;2-4,6,8,10-12H,7,13H2,1H3. The maximum atomic E-state index is 13.5. The Bertz CT molecular complexity index is 2570. The number of hydrogen-bond donors (Lipinski definition) is 0. The van der Waals surface area contributed by atoms with E-state index >= 15 is 0 Å². The Hall–Kier alpha value is -7.87. The summed E-state index contributed by atoms with van der Waals surface area (Å²) in [5.74, 6) is 17.1. The first-order chi connectivity index (χ1) is 30.5. The van der Waals surface area contributed by atoms with Gasteiger partial charge in [0.1, 0.15) is 22.9 Å². The molecule has 3 amide bonds. The molecule has 0 aliphatic carbocycles. The molecule has 3 heterocycles. The molecule has 0 aliphatic heterocycles. The molecule has 0 spiro atoms. The van der Waals surface area contributed by atoms with Crippen molar-refractivity contribution >= 4 is 17.7 Å². The second kappa shape index (κ2) is 26.4. The lowest BCUT2D eigenvalue weighted by Crippen LogP contribution is -2.28. The molecular weight excluding hydrogens is 788 g/mol. The minimum Gasteiger partial charge on any atom is -0.341 e. The largest absolute Gasteiger partial charge is 0.341 e. The highest BCUT2D eigenvalue weighted by atomic mass is 19.1. The van der Waals surface area contributed by atoms with Gasteiger partial charge in [-0.25, -0.2) is 19.3 Å². The summed E-state index contributed by atoms with van der Waals surface area (Å²) in [7, 11) is 5.23. The Morgan fingerprint density at radius 3 is 1.33 bits per heavy atom. The minimum absolute atomic E-state index is 0.0228. The highest BCUT2D eigenvalue weighted by Gasteiger charge is 2.15. The number of carbonyl (C=O) groups excluding carboxylic acids is 3. The van der Waals surface area contributed by atoms with Crippen molar-refractivity contribution in [2.24, 2.45) is 0 Å². The molecule has 0 saturated carbocycles. The van der Waals surface area contributed by atoms with E-state index in [1.165, 1.54) is 17.0 Å². The molecule has 0 aliphatic rings. The number of hydrogen-bond acceptors (Lipinski definition) is 6. The molecule has 0 fully saturated rings. The molecule has 0 bridgehead atoms. The van der Waals surface area contributed by atoms with Crippen molar-refractivity contribution in [3.05, 3.63) is 197 Å². The number of aryl methyl sites for hydroxylation is 2. The topological polar surface area (TPSA) is 99.6 Å². The lowest BCUT2D eigenvalue weighted by Gasteiger charge is -2.15. The van der Waals surface area contributed by atoms with Gasteiger partial charge in [0.15, 0.2) is 0 Å². The van der Waals surface area contributed by atoms with E-state index in [9.17, 15) is 18.8 Å². The average Bonchev–Trinajstić information content (AvgIpc) is 3.31. The SMILES string of the molecule is CN(CCC#Cc1ccccn1)C(=O)c1ccccc1F.Cc1ccc(C(=O)N(C)CCC#Cc2ccccn2)cc1.Cc1cccc(C(=O)N(C)CCC#Cc2ccccn2)c1. The van der Waals surface area contributed by atoms with E-state index in [-0.39, 0.29) is 23.3 Å². The van der Waals surface area contributed by atoms with Gasteiger partial charge < -0.3 is 14.7 Å². The van der Waals surface area contributed by atoms with Crippen LogP contribution in [-0.4, -0.2) is 88.2 Å². The molecule has 9 nitrogen and oxygen atoms in total. The zero-order chi connectivity index (χ0) is 45.2. The van der Waals surface area contributed by atoms with Crippen LogP contribution in [0.4, 0.5) is 4.39 Å². The first kappa shape index (κ1) is 47.8. The summed E-state index contributed by atoms with van der Waals surface area (Å²) in [5, 5.41) is 0. The quantitative estimate of drug-likeness (QED) is 0.136. The van der Waals surface area contributed by atoms with Crippen molar-refractivity contribution in [2.75, 3.05) is 40.8 Å². The second-order valence-corrected chi connectivity index (χ2v) is 14.2. The van der Waals surface area contributed by atoms with Crippen LogP contribution in [0.25, 0.3) is 0 Å². The third-order valence-corrected chi connectivity index (χ3v) is 9.07. The monoisotopic (exact) mass is 838 g/mol. The van der Waals surface area contributed by atoms with Crippen LogP contribution in [0.2, 0.25) is 0 Å². The van der Waals surface area contributed by atoms with Crippen LogP contribution in [0.3, 0.4) is 0 Å². The van der Waals surface area contributed by atoms with Gasteiger partial charge in [-0.3, -0.25) is 14.4 Å². The number of halogens is 1. The molecule has 3 aromatic heterocycles. The molecular formula is C53H51FN6O3. The van der Waals surface area contributed by atoms with E-state index in [1.807, 2.05) is 117 Å². The summed E-state index contributed by atoms with van der Waals surface area (Å²) >= 11 is 0. The summed E-state index contributed by atoms with van der Waals surface area (Å²) in [6, 6.07) is 38.0. The molecule has 3 aromatic carbocycles. The van der Waals surface area contributed by atoms with Crippen LogP contribution in [0, 0.1) is 55.2 Å². The van der Waals surface area contributed by atoms with E-state index in [2.05, 4.69) is 50.5 Å². The molecule has 318 valence electrons. The first-order valence-electron chi connectivity index (χ1n) is 20.4. The molecule has 6 rings (SSSR count). The summed E-state index contributed by atoms with van der Waals surface area (Å²) in [6.07, 6.45) is 6.88. The predicted octanol–water partition coefficient (Wildman–Crippen LogP) is 8.54. The molecule has 0 N–H and O–H groups in total. The fraction of sp³-hybridized carbons (Fsp3) is 0.208. The van der Waals surface area contributed by atoms with Crippen molar-refractivity contribution < 1.29 is 18.8 Å². The van der Waals surface area contributed by atoms with Gasteiger partial charge in [-0.05, 0) is 104 Å². The van der Waals surface area contributed by atoms with Gasteiger partial charge in [-0.15, -0.1) is 0 Å². The Kier molecular flexibility index (Phi) is 20.0. The van der Waals surface area contributed by atoms with E-state index in [0.717, 1.165) is 28.1 Å². The number of amides is 3. The third kappa shape index (κ3) is 17.3. The Labute approximate surface area is 371 Å². The van der Waals surface area contributed by atoms with Crippen molar-refractivity contribution in [1.29, 1.82) is 0 Å². The van der Waals surface area contributed by atoms with E-state index in [4.69, 9.17) is 0 Å². The summed E-state index contributed by atoms with van der Waals surface area (Å²) in [5.41, 5.74) is 5.95. The fourth-order valence-corrected chi connectivity index (χ4v) is 5.50. The Morgan fingerprint density at radius 2 is 0.905 bits per heavy atom. The van der Waals surface area contributed by atoms with E-state index in [1.54, 1.807) is 61.7 Å². The fourth-order valence-electron chi connectivity index (χ4n) is 5.50. The van der Waals surface area contributed by atoms with E-state index in [0.29, 0.717) is 50.2 Å². The smallest absolute Gasteiger partial charge is 0.256 e. The molecule has 0 radical (unpaired) electrons. The van der Waals surface area contributed by atoms with E-state index < -0.39 is 5.82 Å². The number of benzene rings is 3. The van der Waals surface area contributed by atoms with Gasteiger partial charge in [0.05, 0.1) is 5.56 Å². The molecule has 6 aromatic rings. The first-order valence-corrected chi connectivity index (χ1v) is 20.4. The van der Waals surface area contributed by atoms with Gasteiger partial charge >= 0.3 is 0 Å². The average molecular weight is 839 g/mol. The van der Waals surface area contributed by atoms with Crippen molar-refractivity contribution in [1.82, 2.24) is 29.7 Å². The normalized spacial score (nSPS) is 9.62. The molecule has 0 atom stereocenters. The van der Waals surface area contributed by atoms with Crippen LogP contribution < -0.4 is 0 Å². The van der Waals surface area contributed by atoms with Crippen molar-refractivity contribution in [2.45, 2.75) is 33.1 Å². The molecule has 0 saturated heterocycles. The van der Waals surface area contributed by atoms with Crippen LogP contribution in [-0.2, 0) is 0 Å². The van der Waals surface area contributed by atoms with Gasteiger partial charge in [0.25, 0.3) is 17.7 Å². The summed E-state index contributed by atoms with van der Waals surface area (Å²) in [4.78, 5) is 53.7. The number of nitrogens with zero attached hydrogens (tertiary/aromatic N) is 6. The Balaban J connectivity index is 0.000000207. The molecule has 63 heavy (non-hydrogen) atoms. The van der Waals surface area contributed by atoms with Crippen LogP contribution in [0.1, 0.15) is 78.5 Å². The van der Waals surface area contributed by atoms with Gasteiger partial charge in [-0.1, -0.05) is 83.5 Å². The lowest BCUT2D eigenvalue weighted by molar-refractivity contribution is 0.0787. The highest BCUT2D eigenvalue weighted by molar-refractivity contribution is 5.95. The second-order valence-electron chi connectivity index (χ2n) is 14.2. The third-order valence-electron chi connectivity index (χ3n) is 9.07. The molecule has 10 heteroatoms. The maximum absolute atomic E-state index is 13.5. The molecule has 0 unspecified atom stereocenters. The highest BCUT2D eigenvalue weighted by Crippen LogP contribution is 2.10. The minimum atomic E-state index is -0.506. The number of aromatic nitrogens is 3. The van der Waals surface area contributed by atoms with Crippen LogP contribution in [0.15, 0.2) is 146 Å². The zero-order valence-electron chi connectivity index (χ0n) is 36.4. The predicted molar refractivity (Wildman–Crippen MR) is 247 cm³/mol. The van der Waals surface area contributed by atoms with Gasteiger partial charge in [0.2, 0.25) is 0 Å². The van der Waals surface area contributed by atoms with Gasteiger partial charge in [0, 0.05) is 89.8 Å². The lowest BCUT2D eigenvalue weighted by atomic mass is 10.1. The van der Waals surface area contributed by atoms with Crippen LogP contribution in [0.5, 0.6) is 0 Å². The number of pyridine rings is 3. The number of carbonyl (C=O) groups is 3. The van der Waals surface area contributed by atoms with Gasteiger partial charge in [-0.2, -0.15) is 0 Å². The van der Waals surface area contributed by atoms with Crippen molar-refractivity contribution in [3.8, 4) is 35.5 Å². The van der Waals surface area contributed by atoms with Crippen molar-refractivity contribution in [3.63, 3.8) is 0 Å². The summed E-state index contributed by atoms with van der Waals surface area (Å²) in [6.45, 7) is 5.63. The zero-order valence-corrected chi connectivity index (χ0v) is 36.4. The van der Waals surface area contributed by atoms with Crippen LogP contribution >= 0.6 is 0 Å².